The number of halogens is 1. The van der Waals surface area contributed by atoms with Crippen molar-refractivity contribution in [3.8, 4) is 0 Å². The van der Waals surface area contributed by atoms with Crippen LogP contribution in [-0.4, -0.2) is 5.91 Å². The van der Waals surface area contributed by atoms with Gasteiger partial charge in [0.1, 0.15) is 5.25 Å². The van der Waals surface area contributed by atoms with Gasteiger partial charge < -0.3 is 0 Å². The maximum atomic E-state index is 10.7. The molecule has 2 nitrogen and oxygen atoms in total. The van der Waals surface area contributed by atoms with Gasteiger partial charge in [-0.2, -0.15) is 12.6 Å². The van der Waals surface area contributed by atoms with Gasteiger partial charge in [-0.1, -0.05) is 23.7 Å². The summed E-state index contributed by atoms with van der Waals surface area (Å²) in [5.41, 5.74) is 8.50. The summed E-state index contributed by atoms with van der Waals surface area (Å²) in [7, 11) is 0. The van der Waals surface area contributed by atoms with Gasteiger partial charge in [0.15, 0.2) is 0 Å². The van der Waals surface area contributed by atoms with Gasteiger partial charge >= 0.3 is 0 Å². The van der Waals surface area contributed by atoms with Crippen molar-refractivity contribution in [1.29, 1.82) is 0 Å². The summed E-state index contributed by atoms with van der Waals surface area (Å²) in [5.74, 6) is -0.719. The third kappa shape index (κ3) is 2.39. The third-order valence-corrected chi connectivity index (χ3v) is 2.70. The van der Waals surface area contributed by atoms with Crippen LogP contribution in [-0.2, 0) is 4.79 Å². The Morgan fingerprint density at radius 3 is 2.69 bits per heavy atom. The molecule has 1 rings (SSSR count). The molecule has 0 fully saturated rings. The zero-order chi connectivity index (χ0) is 10.0. The van der Waals surface area contributed by atoms with Crippen LogP contribution in [0.25, 0.3) is 0 Å². The highest BCUT2D eigenvalue weighted by Crippen LogP contribution is 2.24. The number of nitrogens with one attached hydrogen (secondary N) is 1. The first-order valence-corrected chi connectivity index (χ1v) is 4.61. The summed E-state index contributed by atoms with van der Waals surface area (Å²) in [6.07, 6.45) is 0. The second-order valence-electron chi connectivity index (χ2n) is 2.78. The molecular formula is C9H9ClNOS. The number of amides is 1. The summed E-state index contributed by atoms with van der Waals surface area (Å²) >= 11 is 9.86. The molecule has 1 aromatic carbocycles. The van der Waals surface area contributed by atoms with Crippen molar-refractivity contribution in [1.82, 2.24) is 5.73 Å². The van der Waals surface area contributed by atoms with Crippen LogP contribution in [0.1, 0.15) is 16.4 Å². The molecule has 0 aliphatic heterocycles. The molecule has 1 N–H and O–H groups in total. The molecule has 0 aromatic heterocycles. The molecule has 0 aliphatic rings. The molecule has 0 aliphatic carbocycles. The topological polar surface area (TPSA) is 40.9 Å². The Morgan fingerprint density at radius 1 is 1.62 bits per heavy atom. The van der Waals surface area contributed by atoms with E-state index in [0.29, 0.717) is 10.6 Å². The molecule has 1 unspecified atom stereocenters. The summed E-state index contributed by atoms with van der Waals surface area (Å²) in [6, 6.07) is 5.23. The number of aryl methyl sites for hydroxylation is 1. The molecular weight excluding hydrogens is 206 g/mol. The Balaban J connectivity index is 3.03. The van der Waals surface area contributed by atoms with Gasteiger partial charge in [-0.3, -0.25) is 10.5 Å². The summed E-state index contributed by atoms with van der Waals surface area (Å²) < 4.78 is 0. The second kappa shape index (κ2) is 4.03. The van der Waals surface area contributed by atoms with E-state index in [-0.39, 0.29) is 0 Å². The Bertz CT molecular complexity index is 340. The van der Waals surface area contributed by atoms with Crippen molar-refractivity contribution < 1.29 is 4.79 Å². The number of benzene rings is 1. The van der Waals surface area contributed by atoms with E-state index in [0.717, 1.165) is 5.56 Å². The van der Waals surface area contributed by atoms with E-state index in [1.54, 1.807) is 12.1 Å². The van der Waals surface area contributed by atoms with E-state index in [9.17, 15) is 4.79 Å². The monoisotopic (exact) mass is 214 g/mol. The van der Waals surface area contributed by atoms with E-state index in [1.165, 1.54) is 0 Å². The largest absolute Gasteiger partial charge is 0.272 e. The van der Waals surface area contributed by atoms with Crippen LogP contribution < -0.4 is 5.73 Å². The van der Waals surface area contributed by atoms with Crippen LogP contribution >= 0.6 is 24.2 Å². The molecule has 0 saturated heterocycles. The molecule has 0 heterocycles. The lowest BCUT2D eigenvalue weighted by Crippen LogP contribution is -2.07. The van der Waals surface area contributed by atoms with Crippen molar-refractivity contribution in [2.75, 3.05) is 0 Å². The summed E-state index contributed by atoms with van der Waals surface area (Å²) in [4.78, 5) is 10.7. The zero-order valence-electron chi connectivity index (χ0n) is 7.04. The van der Waals surface area contributed by atoms with Gasteiger partial charge in [-0.25, -0.2) is 0 Å². The fourth-order valence-corrected chi connectivity index (χ4v) is 1.28. The lowest BCUT2D eigenvalue weighted by atomic mass is 10.1. The predicted molar refractivity (Wildman–Crippen MR) is 56.0 cm³/mol. The number of carbonyl (C=O) groups excluding carboxylic acids is 1. The van der Waals surface area contributed by atoms with Crippen LogP contribution in [0.15, 0.2) is 18.2 Å². The van der Waals surface area contributed by atoms with Gasteiger partial charge in [0.25, 0.3) is 5.91 Å². The van der Waals surface area contributed by atoms with E-state index in [4.69, 9.17) is 17.3 Å². The molecule has 1 aromatic rings. The highest BCUT2D eigenvalue weighted by Gasteiger charge is 2.13. The molecule has 13 heavy (non-hydrogen) atoms. The van der Waals surface area contributed by atoms with Gasteiger partial charge in [0, 0.05) is 5.02 Å². The summed E-state index contributed by atoms with van der Waals surface area (Å²) in [6.45, 7) is 1.88. The Labute approximate surface area is 87.5 Å². The first kappa shape index (κ1) is 10.4. The SMILES string of the molecule is Cc1ccc(C(S)C([NH])=O)cc1Cl. The minimum atomic E-state index is -0.719. The van der Waals surface area contributed by atoms with E-state index >= 15 is 0 Å². The van der Waals surface area contributed by atoms with Crippen LogP contribution in [0, 0.1) is 6.92 Å². The van der Waals surface area contributed by atoms with Crippen LogP contribution in [0.4, 0.5) is 0 Å². The lowest BCUT2D eigenvalue weighted by molar-refractivity contribution is -0.118. The smallest absolute Gasteiger partial charge is 0.255 e. The number of hydrogen-bond acceptors (Lipinski definition) is 2. The molecule has 0 spiro atoms. The standard InChI is InChI=1S/C9H9ClNOS/c1-5-2-3-6(4-7(5)10)8(13)9(11)12/h2-4,8,11,13H,1H3. The molecule has 1 atom stereocenters. The highest BCUT2D eigenvalue weighted by atomic mass is 35.5. The Hall–Kier alpha value is -0.670. The molecule has 1 amide bonds. The van der Waals surface area contributed by atoms with Crippen LogP contribution in [0.2, 0.25) is 5.02 Å². The summed E-state index contributed by atoms with van der Waals surface area (Å²) in [5, 5.41) is -0.101. The second-order valence-corrected chi connectivity index (χ2v) is 3.70. The molecule has 4 heteroatoms. The maximum Gasteiger partial charge on any atom is 0.255 e. The van der Waals surface area contributed by atoms with E-state index < -0.39 is 11.2 Å². The van der Waals surface area contributed by atoms with Crippen molar-refractivity contribution >= 4 is 30.1 Å². The molecule has 0 bridgehead atoms. The maximum absolute atomic E-state index is 10.7. The predicted octanol–water partition coefficient (Wildman–Crippen LogP) is 2.43. The quantitative estimate of drug-likeness (QED) is 0.755. The third-order valence-electron chi connectivity index (χ3n) is 1.76. The first-order chi connectivity index (χ1) is 6.02. The van der Waals surface area contributed by atoms with Crippen molar-refractivity contribution in [3.63, 3.8) is 0 Å². The highest BCUT2D eigenvalue weighted by molar-refractivity contribution is 7.81. The van der Waals surface area contributed by atoms with E-state index in [2.05, 4.69) is 12.6 Å². The normalized spacial score (nSPS) is 12.5. The zero-order valence-corrected chi connectivity index (χ0v) is 8.69. The molecule has 1 radical (unpaired) electrons. The van der Waals surface area contributed by atoms with Gasteiger partial charge in [0.05, 0.1) is 0 Å². The first-order valence-electron chi connectivity index (χ1n) is 3.72. The average Bonchev–Trinajstić information content (AvgIpc) is 2.08. The Kier molecular flexibility index (Phi) is 3.22. The van der Waals surface area contributed by atoms with E-state index in [1.807, 2.05) is 13.0 Å². The van der Waals surface area contributed by atoms with Gasteiger partial charge in [0.2, 0.25) is 0 Å². The van der Waals surface area contributed by atoms with Crippen LogP contribution in [0.5, 0.6) is 0 Å². The Morgan fingerprint density at radius 2 is 2.23 bits per heavy atom. The number of hydrogen-bond donors (Lipinski definition) is 1. The van der Waals surface area contributed by atoms with Gasteiger partial charge in [-0.15, -0.1) is 0 Å². The van der Waals surface area contributed by atoms with Crippen molar-refractivity contribution in [2.24, 2.45) is 0 Å². The molecule has 0 saturated carbocycles. The minimum absolute atomic E-state index is 0.595. The number of rotatable bonds is 2. The van der Waals surface area contributed by atoms with Crippen LogP contribution in [0.3, 0.4) is 0 Å². The van der Waals surface area contributed by atoms with Crippen molar-refractivity contribution in [3.05, 3.63) is 34.3 Å². The fraction of sp³-hybridized carbons (Fsp3) is 0.222. The minimum Gasteiger partial charge on any atom is -0.272 e. The lowest BCUT2D eigenvalue weighted by Gasteiger charge is -2.07. The fourth-order valence-electron chi connectivity index (χ4n) is 0.931. The molecule has 69 valence electrons. The van der Waals surface area contributed by atoms with Crippen molar-refractivity contribution in [2.45, 2.75) is 12.2 Å². The number of thiol groups is 1. The average molecular weight is 215 g/mol. The number of carbonyl (C=O) groups is 1. The van der Waals surface area contributed by atoms with Gasteiger partial charge in [-0.05, 0) is 24.1 Å².